The molecule has 168 valence electrons. The molecule has 0 saturated heterocycles. The van der Waals surface area contributed by atoms with Crippen LogP contribution in [0.2, 0.25) is 0 Å². The summed E-state index contributed by atoms with van der Waals surface area (Å²) in [5.74, 6) is -0.368. The zero-order valence-electron chi connectivity index (χ0n) is 18.1. The van der Waals surface area contributed by atoms with E-state index in [1.54, 1.807) is 19.2 Å². The first-order valence-corrected chi connectivity index (χ1v) is 11.6. The number of nitrogens with zero attached hydrogens (tertiary/aromatic N) is 3. The Labute approximate surface area is 198 Å². The second kappa shape index (κ2) is 8.80. The lowest BCUT2D eigenvalue weighted by Crippen LogP contribution is -2.43. The molecule has 0 radical (unpaired) electrons. The number of non-ortho nitro benzene ring substituents is 1. The van der Waals surface area contributed by atoms with Gasteiger partial charge < -0.3 is 5.32 Å². The van der Waals surface area contributed by atoms with Crippen molar-refractivity contribution in [2.45, 2.75) is 5.92 Å². The number of benzene rings is 2. The van der Waals surface area contributed by atoms with Crippen molar-refractivity contribution in [1.82, 2.24) is 9.13 Å². The number of nitro benzene ring substituents is 1. The van der Waals surface area contributed by atoms with Gasteiger partial charge in [-0.15, -0.1) is 11.8 Å². The molecule has 1 aliphatic heterocycles. The van der Waals surface area contributed by atoms with Gasteiger partial charge in [-0.1, -0.05) is 54.7 Å². The molecule has 1 N–H and O–H groups in total. The lowest BCUT2D eigenvalue weighted by atomic mass is 9.81. The molecule has 1 aromatic heterocycles. The number of nitrogens with one attached hydrogen (secondary N) is 1. The molecule has 0 spiro atoms. The lowest BCUT2D eigenvalue weighted by Gasteiger charge is -2.33. The number of aromatic nitrogens is 2. The normalized spacial score (nSPS) is 15.1. The summed E-state index contributed by atoms with van der Waals surface area (Å²) in [6.45, 7) is 0. The highest BCUT2D eigenvalue weighted by molar-refractivity contribution is 8.23. The van der Waals surface area contributed by atoms with Gasteiger partial charge in [0.05, 0.1) is 20.4 Å². The minimum Gasteiger partial charge on any atom is -0.340 e. The third-order valence-electron chi connectivity index (χ3n) is 5.67. The Bertz CT molecular complexity index is 1440. The van der Waals surface area contributed by atoms with Gasteiger partial charge in [0.2, 0.25) is 0 Å². The van der Waals surface area contributed by atoms with Crippen molar-refractivity contribution in [2.75, 3.05) is 11.6 Å². The van der Waals surface area contributed by atoms with Crippen molar-refractivity contribution < 1.29 is 4.92 Å². The Morgan fingerprint density at radius 1 is 1.09 bits per heavy atom. The molecule has 10 heteroatoms. The molecule has 4 rings (SSSR count). The summed E-state index contributed by atoms with van der Waals surface area (Å²) in [5, 5.41) is 14.8. The van der Waals surface area contributed by atoms with Crippen molar-refractivity contribution in [3.05, 3.63) is 108 Å². The number of hydrogen-bond acceptors (Lipinski definition) is 7. The zero-order chi connectivity index (χ0) is 23.9. The number of thioether (sulfide) groups is 1. The van der Waals surface area contributed by atoms with Crippen molar-refractivity contribution >= 4 is 45.4 Å². The van der Waals surface area contributed by atoms with E-state index in [-0.39, 0.29) is 5.69 Å². The van der Waals surface area contributed by atoms with E-state index in [1.807, 2.05) is 36.6 Å². The van der Waals surface area contributed by atoms with Crippen LogP contribution in [-0.2, 0) is 14.1 Å². The number of thiocarbonyl (C=S) groups is 1. The van der Waals surface area contributed by atoms with Crippen LogP contribution in [0.25, 0.3) is 5.70 Å². The molecule has 2 heterocycles. The average molecular weight is 481 g/mol. The van der Waals surface area contributed by atoms with Crippen molar-refractivity contribution in [2.24, 2.45) is 14.1 Å². The molecule has 1 aliphatic rings. The summed E-state index contributed by atoms with van der Waals surface area (Å²) in [6.07, 6.45) is 1.84. The van der Waals surface area contributed by atoms with E-state index in [1.165, 1.54) is 35.5 Å². The first kappa shape index (κ1) is 22.7. The summed E-state index contributed by atoms with van der Waals surface area (Å²) in [5.41, 5.74) is 1.93. The first-order chi connectivity index (χ1) is 15.8. The maximum absolute atomic E-state index is 13.4. The zero-order valence-corrected chi connectivity index (χ0v) is 19.7. The summed E-state index contributed by atoms with van der Waals surface area (Å²) in [4.78, 5) is 37.1. The second-order valence-corrected chi connectivity index (χ2v) is 9.01. The average Bonchev–Trinajstić information content (AvgIpc) is 2.84. The van der Waals surface area contributed by atoms with Gasteiger partial charge in [-0.05, 0) is 17.4 Å². The van der Waals surface area contributed by atoms with Crippen LogP contribution in [-0.4, -0.2) is 24.5 Å². The summed E-state index contributed by atoms with van der Waals surface area (Å²) < 4.78 is 2.96. The van der Waals surface area contributed by atoms with E-state index < -0.39 is 22.1 Å². The van der Waals surface area contributed by atoms with Gasteiger partial charge in [0, 0.05) is 37.7 Å². The van der Waals surface area contributed by atoms with Gasteiger partial charge in [0.25, 0.3) is 11.2 Å². The molecule has 8 nitrogen and oxygen atoms in total. The van der Waals surface area contributed by atoms with Gasteiger partial charge in [0.1, 0.15) is 5.82 Å². The molecule has 0 aliphatic carbocycles. The molecule has 2 aromatic carbocycles. The first-order valence-electron chi connectivity index (χ1n) is 9.95. The molecule has 3 aromatic rings. The van der Waals surface area contributed by atoms with Crippen LogP contribution in [0.15, 0.2) is 69.8 Å². The molecule has 0 amide bonds. The Hall–Kier alpha value is -3.50. The van der Waals surface area contributed by atoms with Gasteiger partial charge in [-0.2, -0.15) is 0 Å². The van der Waals surface area contributed by atoms with E-state index in [0.717, 1.165) is 10.1 Å². The van der Waals surface area contributed by atoms with E-state index in [4.69, 9.17) is 12.2 Å². The smallest absolute Gasteiger partial charge is 0.332 e. The van der Waals surface area contributed by atoms with Crippen LogP contribution in [0.5, 0.6) is 0 Å². The van der Waals surface area contributed by atoms with Crippen LogP contribution in [0.1, 0.15) is 22.6 Å². The monoisotopic (exact) mass is 480 g/mol. The van der Waals surface area contributed by atoms with Crippen molar-refractivity contribution in [3.8, 4) is 0 Å². The van der Waals surface area contributed by atoms with Gasteiger partial charge in [0.15, 0.2) is 0 Å². The van der Waals surface area contributed by atoms with Gasteiger partial charge >= 0.3 is 5.69 Å². The van der Waals surface area contributed by atoms with E-state index in [2.05, 4.69) is 5.32 Å². The third kappa shape index (κ3) is 3.81. The maximum atomic E-state index is 13.4. The van der Waals surface area contributed by atoms with Crippen LogP contribution < -0.4 is 16.6 Å². The fraction of sp³-hybridized carbons (Fsp3) is 0.174. The predicted molar refractivity (Wildman–Crippen MR) is 135 cm³/mol. The predicted octanol–water partition coefficient (Wildman–Crippen LogP) is 3.65. The van der Waals surface area contributed by atoms with E-state index in [9.17, 15) is 19.7 Å². The molecule has 1 atom stereocenters. The molecule has 1 unspecified atom stereocenters. The number of hydrogen-bond donors (Lipinski definition) is 1. The quantitative estimate of drug-likeness (QED) is 0.346. The third-order valence-corrected chi connectivity index (χ3v) is 6.98. The van der Waals surface area contributed by atoms with Crippen molar-refractivity contribution in [1.29, 1.82) is 0 Å². The highest BCUT2D eigenvalue weighted by Gasteiger charge is 2.37. The molecular weight excluding hydrogens is 460 g/mol. The molecule has 0 saturated carbocycles. The Balaban J connectivity index is 2.16. The van der Waals surface area contributed by atoms with Crippen LogP contribution in [0.3, 0.4) is 0 Å². The standard InChI is InChI=1S/C23H20N4O4S2/c1-25-20-18(21(28)26(2)23(25)29)16(14-10-7-11-15(12-14)27(30)31)17(22(32)33-3)19(24-20)13-8-5-4-6-9-13/h4-12,16,24H,1-3H3. The van der Waals surface area contributed by atoms with Gasteiger partial charge in [-0.25, -0.2) is 4.79 Å². The molecule has 33 heavy (non-hydrogen) atoms. The maximum Gasteiger partial charge on any atom is 0.332 e. The Morgan fingerprint density at radius 2 is 1.79 bits per heavy atom. The number of fused-ring (bicyclic) bond motifs is 1. The minimum atomic E-state index is -0.707. The summed E-state index contributed by atoms with van der Waals surface area (Å²) in [7, 11) is 3.00. The summed E-state index contributed by atoms with van der Waals surface area (Å²) in [6, 6.07) is 15.6. The minimum absolute atomic E-state index is 0.0927. The highest BCUT2D eigenvalue weighted by Crippen LogP contribution is 2.44. The van der Waals surface area contributed by atoms with E-state index >= 15 is 0 Å². The summed E-state index contributed by atoms with van der Waals surface area (Å²) >= 11 is 7.08. The van der Waals surface area contributed by atoms with Crippen LogP contribution in [0.4, 0.5) is 11.5 Å². The van der Waals surface area contributed by atoms with Crippen molar-refractivity contribution in [3.63, 3.8) is 0 Å². The number of nitro groups is 1. The topological polar surface area (TPSA) is 99.2 Å². The van der Waals surface area contributed by atoms with Gasteiger partial charge in [-0.3, -0.25) is 24.0 Å². The molecular formula is C23H20N4O4S2. The number of anilines is 1. The largest absolute Gasteiger partial charge is 0.340 e. The van der Waals surface area contributed by atoms with E-state index in [0.29, 0.717) is 32.4 Å². The lowest BCUT2D eigenvalue weighted by molar-refractivity contribution is -0.384. The molecule has 0 fully saturated rings. The van der Waals surface area contributed by atoms with Crippen LogP contribution in [0, 0.1) is 10.1 Å². The number of rotatable bonds is 4. The molecule has 0 bridgehead atoms. The fourth-order valence-electron chi connectivity index (χ4n) is 4.07. The Morgan fingerprint density at radius 3 is 2.42 bits per heavy atom. The SMILES string of the molecule is CSC(=S)C1=C(c2ccccc2)Nc2c(c(=O)n(C)c(=O)n2C)C1c1cccc([N+](=O)[O-])c1. The Kier molecular flexibility index (Phi) is 6.05. The second-order valence-electron chi connectivity index (χ2n) is 7.52. The fourth-order valence-corrected chi connectivity index (χ4v) is 4.73. The van der Waals surface area contributed by atoms with Crippen LogP contribution >= 0.6 is 24.0 Å². The highest BCUT2D eigenvalue weighted by atomic mass is 32.2.